The lowest BCUT2D eigenvalue weighted by Crippen LogP contribution is -2.61. The van der Waals surface area contributed by atoms with Crippen LogP contribution in [0.4, 0.5) is 15.9 Å². The van der Waals surface area contributed by atoms with E-state index in [1.54, 1.807) is 25.3 Å². The van der Waals surface area contributed by atoms with Gasteiger partial charge in [0.1, 0.15) is 33.5 Å². The van der Waals surface area contributed by atoms with Gasteiger partial charge in [0.2, 0.25) is 0 Å². The molecule has 0 amide bonds. The Morgan fingerprint density at radius 1 is 1.21 bits per heavy atom. The minimum absolute atomic E-state index is 0.0634. The number of anilines is 2. The SMILES string of the molecule is C[C@@]1(c2cc(Nc3nccc4cc(C#N)cnc34)ccc2F)CS(=O)(=O)C2(CCC2)C(N)=N1. The molecule has 3 heterocycles. The third-order valence-electron chi connectivity index (χ3n) is 6.60. The van der Waals surface area contributed by atoms with Crippen molar-refractivity contribution in [1.82, 2.24) is 9.97 Å². The van der Waals surface area contributed by atoms with Gasteiger partial charge in [0.25, 0.3) is 0 Å². The molecule has 2 aromatic heterocycles. The quantitative estimate of drug-likeness (QED) is 0.607. The molecule has 1 spiro atoms. The van der Waals surface area contributed by atoms with Crippen molar-refractivity contribution in [2.45, 2.75) is 36.5 Å². The molecule has 10 heteroatoms. The molecule has 168 valence electrons. The number of hydrogen-bond acceptors (Lipinski definition) is 8. The summed E-state index contributed by atoms with van der Waals surface area (Å²) in [6.45, 7) is 1.59. The number of aromatic nitrogens is 2. The Bertz CT molecular complexity index is 1480. The van der Waals surface area contributed by atoms with Crippen LogP contribution < -0.4 is 11.1 Å². The highest BCUT2D eigenvalue weighted by atomic mass is 32.2. The van der Waals surface area contributed by atoms with Crippen LogP contribution in [0.5, 0.6) is 0 Å². The minimum Gasteiger partial charge on any atom is -0.386 e. The predicted molar refractivity (Wildman–Crippen MR) is 123 cm³/mol. The lowest BCUT2D eigenvalue weighted by Gasteiger charge is -2.46. The van der Waals surface area contributed by atoms with Crippen LogP contribution in [0.3, 0.4) is 0 Å². The molecule has 1 atom stereocenters. The highest BCUT2D eigenvalue weighted by Gasteiger charge is 2.58. The summed E-state index contributed by atoms with van der Waals surface area (Å²) in [6.07, 6.45) is 4.72. The van der Waals surface area contributed by atoms with E-state index in [1.807, 2.05) is 0 Å². The smallest absolute Gasteiger partial charge is 0.165 e. The first-order chi connectivity index (χ1) is 15.7. The van der Waals surface area contributed by atoms with Crippen molar-refractivity contribution < 1.29 is 12.8 Å². The minimum atomic E-state index is -3.61. The monoisotopic (exact) mass is 464 g/mol. The van der Waals surface area contributed by atoms with Crippen LogP contribution in [0, 0.1) is 17.1 Å². The van der Waals surface area contributed by atoms with E-state index in [-0.39, 0.29) is 17.2 Å². The van der Waals surface area contributed by atoms with Crippen molar-refractivity contribution in [3.63, 3.8) is 0 Å². The summed E-state index contributed by atoms with van der Waals surface area (Å²) in [4.78, 5) is 13.2. The maximum atomic E-state index is 15.0. The molecule has 0 unspecified atom stereocenters. The molecule has 1 aromatic carbocycles. The molecular formula is C23H21FN6O2S. The van der Waals surface area contributed by atoms with Gasteiger partial charge in [-0.2, -0.15) is 5.26 Å². The van der Waals surface area contributed by atoms with E-state index >= 15 is 0 Å². The Labute approximate surface area is 190 Å². The predicted octanol–water partition coefficient (Wildman–Crippen LogP) is 3.31. The number of pyridine rings is 2. The van der Waals surface area contributed by atoms with Crippen molar-refractivity contribution in [2.24, 2.45) is 10.7 Å². The first kappa shape index (κ1) is 21.3. The van der Waals surface area contributed by atoms with Crippen LogP contribution >= 0.6 is 0 Å². The highest BCUT2D eigenvalue weighted by molar-refractivity contribution is 7.93. The molecule has 2 aliphatic rings. The number of rotatable bonds is 3. The molecule has 8 nitrogen and oxygen atoms in total. The van der Waals surface area contributed by atoms with Crippen LogP contribution in [0.1, 0.15) is 37.3 Å². The Morgan fingerprint density at radius 2 is 2.00 bits per heavy atom. The second kappa shape index (κ2) is 7.22. The van der Waals surface area contributed by atoms with Crippen LogP contribution in [-0.2, 0) is 15.4 Å². The number of hydrogen-bond donors (Lipinski definition) is 2. The van der Waals surface area contributed by atoms with Gasteiger partial charge in [-0.15, -0.1) is 0 Å². The number of sulfone groups is 1. The number of halogens is 1. The number of benzene rings is 1. The highest BCUT2D eigenvalue weighted by Crippen LogP contribution is 2.47. The first-order valence-corrected chi connectivity index (χ1v) is 12.1. The van der Waals surface area contributed by atoms with Gasteiger partial charge in [-0.05, 0) is 56.5 Å². The van der Waals surface area contributed by atoms with Gasteiger partial charge in [0.15, 0.2) is 15.7 Å². The number of nitrogens with zero attached hydrogens (tertiary/aromatic N) is 4. The Hall–Kier alpha value is -3.58. The Kier molecular flexibility index (Phi) is 4.65. The molecule has 1 aliphatic heterocycles. The average Bonchev–Trinajstić information content (AvgIpc) is 2.72. The van der Waals surface area contributed by atoms with E-state index in [4.69, 9.17) is 11.0 Å². The summed E-state index contributed by atoms with van der Waals surface area (Å²) >= 11 is 0. The zero-order chi connectivity index (χ0) is 23.4. The van der Waals surface area contributed by atoms with Gasteiger partial charge in [-0.25, -0.2) is 17.8 Å². The standard InChI is InChI=1S/C23H21FN6O2S/c1-22(13-33(31,32)23(6-2-7-23)21(26)30-22)17-10-16(3-4-18(17)24)29-20-19-15(5-8-27-20)9-14(11-25)12-28-19/h3-5,8-10,12H,2,6-7,13H2,1H3,(H2,26,30)(H,27,29)/t22-/m0/s1. The van der Waals surface area contributed by atoms with Crippen molar-refractivity contribution in [1.29, 1.82) is 5.26 Å². The number of fused-ring (bicyclic) bond motifs is 1. The van der Waals surface area contributed by atoms with Crippen LogP contribution in [-0.4, -0.2) is 34.7 Å². The molecule has 1 aliphatic carbocycles. The summed E-state index contributed by atoms with van der Waals surface area (Å²) in [6, 6.07) is 9.82. The zero-order valence-corrected chi connectivity index (χ0v) is 18.7. The number of nitriles is 1. The molecule has 0 radical (unpaired) electrons. The van der Waals surface area contributed by atoms with E-state index in [0.29, 0.717) is 35.4 Å². The van der Waals surface area contributed by atoms with Gasteiger partial charge in [0, 0.05) is 29.0 Å². The summed E-state index contributed by atoms with van der Waals surface area (Å²) < 4.78 is 40.1. The van der Waals surface area contributed by atoms with Gasteiger partial charge in [0.05, 0.1) is 11.3 Å². The summed E-state index contributed by atoms with van der Waals surface area (Å²) in [5.41, 5.74) is 6.40. The molecule has 3 N–H and O–H groups in total. The summed E-state index contributed by atoms with van der Waals surface area (Å²) in [5.74, 6) is -0.394. The third-order valence-corrected chi connectivity index (χ3v) is 9.35. The molecule has 5 rings (SSSR count). The van der Waals surface area contributed by atoms with E-state index in [0.717, 1.165) is 11.8 Å². The normalized spacial score (nSPS) is 22.9. The Balaban J connectivity index is 1.55. The summed E-state index contributed by atoms with van der Waals surface area (Å²) in [5, 5.41) is 12.9. The van der Waals surface area contributed by atoms with Crippen LogP contribution in [0.25, 0.3) is 10.9 Å². The Morgan fingerprint density at radius 3 is 2.67 bits per heavy atom. The first-order valence-electron chi connectivity index (χ1n) is 10.5. The van der Waals surface area contributed by atoms with Gasteiger partial charge in [-0.3, -0.25) is 9.98 Å². The lowest BCUT2D eigenvalue weighted by molar-refractivity contribution is 0.388. The van der Waals surface area contributed by atoms with E-state index in [2.05, 4.69) is 26.3 Å². The van der Waals surface area contributed by atoms with Gasteiger partial charge < -0.3 is 11.1 Å². The number of nitrogens with one attached hydrogen (secondary N) is 1. The largest absolute Gasteiger partial charge is 0.386 e. The number of nitrogens with two attached hydrogens (primary N) is 1. The molecule has 0 bridgehead atoms. The maximum Gasteiger partial charge on any atom is 0.165 e. The lowest BCUT2D eigenvalue weighted by atomic mass is 9.82. The van der Waals surface area contributed by atoms with Crippen molar-refractivity contribution >= 4 is 38.1 Å². The van der Waals surface area contributed by atoms with E-state index in [1.165, 1.54) is 24.4 Å². The summed E-state index contributed by atoms with van der Waals surface area (Å²) in [7, 11) is -3.61. The fourth-order valence-electron chi connectivity index (χ4n) is 4.64. The van der Waals surface area contributed by atoms with Gasteiger partial charge >= 0.3 is 0 Å². The molecule has 1 saturated carbocycles. The number of amidine groups is 1. The second-order valence-corrected chi connectivity index (χ2v) is 11.1. The molecule has 1 fully saturated rings. The fourth-order valence-corrected chi connectivity index (χ4v) is 7.15. The van der Waals surface area contributed by atoms with E-state index < -0.39 is 25.9 Å². The van der Waals surface area contributed by atoms with Gasteiger partial charge in [-0.1, -0.05) is 0 Å². The van der Waals surface area contributed by atoms with Crippen molar-refractivity contribution in [3.05, 3.63) is 59.7 Å². The van der Waals surface area contributed by atoms with Crippen molar-refractivity contribution in [2.75, 3.05) is 11.1 Å². The van der Waals surface area contributed by atoms with E-state index in [9.17, 15) is 12.8 Å². The average molecular weight is 465 g/mol. The maximum absolute atomic E-state index is 15.0. The zero-order valence-electron chi connectivity index (χ0n) is 17.8. The molecule has 3 aromatic rings. The van der Waals surface area contributed by atoms with Crippen LogP contribution in [0.2, 0.25) is 0 Å². The molecular weight excluding hydrogens is 443 g/mol. The van der Waals surface area contributed by atoms with Crippen LogP contribution in [0.15, 0.2) is 47.7 Å². The second-order valence-electron chi connectivity index (χ2n) is 8.76. The van der Waals surface area contributed by atoms with Crippen molar-refractivity contribution in [3.8, 4) is 6.07 Å². The third kappa shape index (κ3) is 3.23. The molecule has 0 saturated heterocycles. The molecule has 33 heavy (non-hydrogen) atoms. The fraction of sp³-hybridized carbons (Fsp3) is 0.304. The topological polar surface area (TPSA) is 134 Å². The number of aliphatic imine (C=N–C) groups is 1.